The Bertz CT molecular complexity index is 428. The van der Waals surface area contributed by atoms with E-state index in [-0.39, 0.29) is 5.56 Å². The average Bonchev–Trinajstić information content (AvgIpc) is 2.80. The van der Waals surface area contributed by atoms with Gasteiger partial charge < -0.3 is 14.7 Å². The third-order valence-electron chi connectivity index (χ3n) is 3.12. The molecule has 1 aliphatic heterocycles. The van der Waals surface area contributed by atoms with Gasteiger partial charge in [0.1, 0.15) is 5.82 Å². The Kier molecular flexibility index (Phi) is 3.28. The molecule has 1 aliphatic rings. The fraction of sp³-hybridized carbons (Fsp3) is 0.500. The molecule has 1 atom stereocenters. The molecule has 0 bridgehead atoms. The summed E-state index contributed by atoms with van der Waals surface area (Å²) in [5.74, 6) is -0.142. The first kappa shape index (κ1) is 11.9. The summed E-state index contributed by atoms with van der Waals surface area (Å²) in [5, 5.41) is 8.93. The second kappa shape index (κ2) is 4.71. The first-order chi connectivity index (χ1) is 8.09. The summed E-state index contributed by atoms with van der Waals surface area (Å²) in [7, 11) is 1.96. The molecule has 1 saturated heterocycles. The minimum absolute atomic E-state index is 0.254. The van der Waals surface area contributed by atoms with Crippen LogP contribution in [0.5, 0.6) is 0 Å². The quantitative estimate of drug-likeness (QED) is 0.857. The number of hydrogen-bond donors (Lipinski definition) is 1. The van der Waals surface area contributed by atoms with Crippen molar-refractivity contribution in [1.29, 1.82) is 0 Å². The van der Waals surface area contributed by atoms with Crippen molar-refractivity contribution in [3.8, 4) is 0 Å². The second-order valence-electron chi connectivity index (χ2n) is 4.24. The van der Waals surface area contributed by atoms with Gasteiger partial charge in [-0.1, -0.05) is 0 Å². The van der Waals surface area contributed by atoms with Crippen molar-refractivity contribution in [2.24, 2.45) is 0 Å². The van der Waals surface area contributed by atoms with Crippen LogP contribution in [-0.4, -0.2) is 42.4 Å². The Morgan fingerprint density at radius 2 is 2.35 bits per heavy atom. The first-order valence-electron chi connectivity index (χ1n) is 5.61. The molecular weight excluding hydrogens is 220 g/mol. The van der Waals surface area contributed by atoms with Crippen molar-refractivity contribution in [2.75, 3.05) is 25.2 Å². The van der Waals surface area contributed by atoms with E-state index >= 15 is 0 Å². The predicted octanol–water partition coefficient (Wildman–Crippen LogP) is 1.31. The van der Waals surface area contributed by atoms with Gasteiger partial charge in [0.2, 0.25) is 0 Å². The molecular formula is C12H16N2O3. The fourth-order valence-corrected chi connectivity index (χ4v) is 1.98. The van der Waals surface area contributed by atoms with Gasteiger partial charge >= 0.3 is 5.97 Å². The van der Waals surface area contributed by atoms with Gasteiger partial charge in [-0.3, -0.25) is 0 Å². The van der Waals surface area contributed by atoms with Crippen molar-refractivity contribution >= 4 is 11.8 Å². The number of ether oxygens (including phenoxy) is 1. The number of aryl methyl sites for hydroxylation is 1. The van der Waals surface area contributed by atoms with Crippen LogP contribution in [0.3, 0.4) is 0 Å². The van der Waals surface area contributed by atoms with Crippen LogP contribution in [-0.2, 0) is 4.74 Å². The number of carboxylic acids is 1. The molecule has 17 heavy (non-hydrogen) atoms. The van der Waals surface area contributed by atoms with Crippen molar-refractivity contribution in [3.05, 3.63) is 23.4 Å². The van der Waals surface area contributed by atoms with Gasteiger partial charge in [-0.05, 0) is 25.5 Å². The molecule has 0 saturated carbocycles. The number of rotatable bonds is 3. The number of pyridine rings is 1. The molecule has 2 rings (SSSR count). The Balaban J connectivity index is 2.21. The zero-order chi connectivity index (χ0) is 12.4. The molecule has 1 aromatic heterocycles. The summed E-state index contributed by atoms with van der Waals surface area (Å²) in [4.78, 5) is 17.3. The molecule has 1 N–H and O–H groups in total. The summed E-state index contributed by atoms with van der Waals surface area (Å²) in [6, 6.07) is 3.68. The van der Waals surface area contributed by atoms with Crippen LogP contribution in [0.1, 0.15) is 22.5 Å². The number of hydrogen-bond acceptors (Lipinski definition) is 4. The minimum Gasteiger partial charge on any atom is -0.478 e. The number of aromatic nitrogens is 1. The van der Waals surface area contributed by atoms with E-state index < -0.39 is 5.97 Å². The number of aromatic carboxylic acids is 1. The van der Waals surface area contributed by atoms with Gasteiger partial charge in [-0.25, -0.2) is 9.78 Å². The topological polar surface area (TPSA) is 62.7 Å². The third kappa shape index (κ3) is 2.39. The minimum atomic E-state index is -0.937. The lowest BCUT2D eigenvalue weighted by molar-refractivity contribution is 0.0695. The number of anilines is 1. The summed E-state index contributed by atoms with van der Waals surface area (Å²) >= 11 is 0. The highest BCUT2D eigenvalue weighted by Crippen LogP contribution is 2.19. The van der Waals surface area contributed by atoms with Crippen LogP contribution in [0.15, 0.2) is 12.1 Å². The van der Waals surface area contributed by atoms with Gasteiger partial charge in [0, 0.05) is 13.7 Å². The molecule has 1 fully saturated rings. The molecule has 5 nitrogen and oxygen atoms in total. The van der Waals surface area contributed by atoms with Crippen LogP contribution in [0, 0.1) is 6.92 Å². The van der Waals surface area contributed by atoms with E-state index in [9.17, 15) is 4.79 Å². The molecule has 5 heteroatoms. The highest BCUT2D eigenvalue weighted by Gasteiger charge is 2.22. The lowest BCUT2D eigenvalue weighted by Crippen LogP contribution is -2.32. The molecule has 92 valence electrons. The molecule has 2 heterocycles. The lowest BCUT2D eigenvalue weighted by atomic mass is 10.2. The highest BCUT2D eigenvalue weighted by atomic mass is 16.5. The zero-order valence-electron chi connectivity index (χ0n) is 10.0. The van der Waals surface area contributed by atoms with Crippen molar-refractivity contribution in [3.63, 3.8) is 0 Å². The highest BCUT2D eigenvalue weighted by molar-refractivity contribution is 5.89. The normalized spacial score (nSPS) is 19.3. The molecule has 1 unspecified atom stereocenters. The summed E-state index contributed by atoms with van der Waals surface area (Å²) in [6.45, 7) is 3.20. The van der Waals surface area contributed by atoms with E-state index in [0.29, 0.717) is 18.3 Å². The third-order valence-corrected chi connectivity index (χ3v) is 3.12. The van der Waals surface area contributed by atoms with Crippen LogP contribution >= 0.6 is 0 Å². The van der Waals surface area contributed by atoms with E-state index in [0.717, 1.165) is 18.8 Å². The molecule has 0 aromatic carbocycles. The molecule has 0 amide bonds. The van der Waals surface area contributed by atoms with E-state index in [2.05, 4.69) is 4.98 Å². The zero-order valence-corrected chi connectivity index (χ0v) is 10.0. The van der Waals surface area contributed by atoms with E-state index in [1.165, 1.54) is 0 Å². The van der Waals surface area contributed by atoms with Gasteiger partial charge in [-0.2, -0.15) is 0 Å². The van der Waals surface area contributed by atoms with Gasteiger partial charge in [0.15, 0.2) is 0 Å². The maximum Gasteiger partial charge on any atom is 0.337 e. The van der Waals surface area contributed by atoms with E-state index in [4.69, 9.17) is 9.84 Å². The van der Waals surface area contributed by atoms with Gasteiger partial charge in [0.05, 0.1) is 23.9 Å². The number of likely N-dealkylation sites (N-methyl/N-ethyl adjacent to an activating group) is 1. The van der Waals surface area contributed by atoms with Gasteiger partial charge in [0.25, 0.3) is 0 Å². The number of nitrogens with zero attached hydrogens (tertiary/aromatic N) is 2. The number of carbonyl (C=O) groups is 1. The summed E-state index contributed by atoms with van der Waals surface area (Å²) in [5.41, 5.74) is 0.797. The van der Waals surface area contributed by atoms with Crippen LogP contribution in [0.2, 0.25) is 0 Å². The number of carboxylic acid groups (broad SMARTS) is 1. The standard InChI is InChI=1S/C12H16N2O3/c1-8-10(12(15)16)3-4-11(13-8)14(2)9-5-6-17-7-9/h3-4,9H,5-7H2,1-2H3,(H,15,16). The fourth-order valence-electron chi connectivity index (χ4n) is 1.98. The maximum atomic E-state index is 10.9. The maximum absolute atomic E-state index is 10.9. The molecule has 0 aliphatic carbocycles. The van der Waals surface area contributed by atoms with E-state index in [1.807, 2.05) is 11.9 Å². The largest absolute Gasteiger partial charge is 0.478 e. The summed E-state index contributed by atoms with van der Waals surface area (Å²) in [6.07, 6.45) is 0.984. The van der Waals surface area contributed by atoms with Crippen LogP contribution in [0.25, 0.3) is 0 Å². The van der Waals surface area contributed by atoms with E-state index in [1.54, 1.807) is 19.1 Å². The SMILES string of the molecule is Cc1nc(N(C)C2CCOC2)ccc1C(=O)O. The predicted molar refractivity (Wildman–Crippen MR) is 63.6 cm³/mol. The Hall–Kier alpha value is -1.62. The second-order valence-corrected chi connectivity index (χ2v) is 4.24. The van der Waals surface area contributed by atoms with Crippen molar-refractivity contribution in [1.82, 2.24) is 4.98 Å². The lowest BCUT2D eigenvalue weighted by Gasteiger charge is -2.24. The smallest absolute Gasteiger partial charge is 0.337 e. The van der Waals surface area contributed by atoms with Gasteiger partial charge in [-0.15, -0.1) is 0 Å². The Morgan fingerprint density at radius 3 is 2.88 bits per heavy atom. The monoisotopic (exact) mass is 236 g/mol. The summed E-state index contributed by atoms with van der Waals surface area (Å²) < 4.78 is 5.33. The molecule has 0 radical (unpaired) electrons. The Morgan fingerprint density at radius 1 is 1.59 bits per heavy atom. The van der Waals surface area contributed by atoms with Crippen molar-refractivity contribution < 1.29 is 14.6 Å². The van der Waals surface area contributed by atoms with Crippen LogP contribution < -0.4 is 4.90 Å². The molecule has 1 aromatic rings. The average molecular weight is 236 g/mol. The first-order valence-corrected chi connectivity index (χ1v) is 5.61. The Labute approximate surface area is 100 Å². The van der Waals surface area contributed by atoms with Crippen LogP contribution in [0.4, 0.5) is 5.82 Å². The molecule has 0 spiro atoms. The van der Waals surface area contributed by atoms with Crippen molar-refractivity contribution in [2.45, 2.75) is 19.4 Å².